The van der Waals surface area contributed by atoms with Crippen molar-refractivity contribution >= 4 is 6.16 Å². The summed E-state index contributed by atoms with van der Waals surface area (Å²) >= 11 is 0. The lowest BCUT2D eigenvalue weighted by molar-refractivity contribution is -0.00526. The largest absolute Gasteiger partial charge is 0.511 e. The minimum Gasteiger partial charge on any atom is -0.415 e. The average molecular weight is 176 g/mol. The predicted octanol–water partition coefficient (Wildman–Crippen LogP) is 0.270. The molecule has 0 aromatic carbocycles. The molecule has 0 heterocycles. The maximum Gasteiger partial charge on any atom is 0.511 e. The van der Waals surface area contributed by atoms with Crippen LogP contribution in [-0.2, 0) is 9.47 Å². The first-order valence-electron chi connectivity index (χ1n) is 3.82. The summed E-state index contributed by atoms with van der Waals surface area (Å²) in [6.45, 7) is 3.43. The van der Waals surface area contributed by atoms with Gasteiger partial charge in [-0.25, -0.2) is 4.79 Å². The Morgan fingerprint density at radius 2 is 1.42 bits per heavy atom. The summed E-state index contributed by atoms with van der Waals surface area (Å²) in [4.78, 5) is 10.9. The highest BCUT2D eigenvalue weighted by Gasteiger charge is 2.11. The van der Waals surface area contributed by atoms with E-state index in [0.717, 1.165) is 0 Å². The topological polar surface area (TPSA) is 59.6 Å². The molecule has 5 heteroatoms. The summed E-state index contributed by atoms with van der Waals surface area (Å²) in [6, 6.07) is 0. The van der Waals surface area contributed by atoms with E-state index in [1.165, 1.54) is 0 Å². The van der Waals surface area contributed by atoms with Gasteiger partial charge in [-0.1, -0.05) is 0 Å². The van der Waals surface area contributed by atoms with Gasteiger partial charge >= 0.3 is 6.16 Å². The molecule has 0 rings (SSSR count). The lowest BCUT2D eigenvalue weighted by Crippen LogP contribution is -2.32. The van der Waals surface area contributed by atoms with Gasteiger partial charge < -0.3 is 9.47 Å². The zero-order chi connectivity index (χ0) is 9.56. The second-order valence-corrected chi connectivity index (χ2v) is 2.35. The van der Waals surface area contributed by atoms with Crippen molar-refractivity contribution < 1.29 is 14.3 Å². The van der Waals surface area contributed by atoms with Crippen molar-refractivity contribution in [3.63, 3.8) is 0 Å². The van der Waals surface area contributed by atoms with Crippen LogP contribution in [0.4, 0.5) is 4.79 Å². The van der Waals surface area contributed by atoms with E-state index in [1.807, 2.05) is 0 Å². The molecule has 2 N–H and O–H groups in total. The van der Waals surface area contributed by atoms with Gasteiger partial charge in [0.05, 0.1) is 0 Å². The summed E-state index contributed by atoms with van der Waals surface area (Å²) < 4.78 is 9.52. The highest BCUT2D eigenvalue weighted by Crippen LogP contribution is 1.93. The highest BCUT2D eigenvalue weighted by atomic mass is 16.7. The quantitative estimate of drug-likeness (QED) is 0.475. The van der Waals surface area contributed by atoms with Crippen LogP contribution in [0.1, 0.15) is 13.8 Å². The Balaban J connectivity index is 3.59. The third-order valence-electron chi connectivity index (χ3n) is 1.36. The molecule has 0 aliphatic rings. The van der Waals surface area contributed by atoms with Gasteiger partial charge in [0, 0.05) is 0 Å². The molecule has 0 aliphatic carbocycles. The van der Waals surface area contributed by atoms with Crippen LogP contribution in [0.2, 0.25) is 0 Å². The zero-order valence-corrected chi connectivity index (χ0v) is 7.88. The molecule has 0 aliphatic heterocycles. The number of hydrogen-bond acceptors (Lipinski definition) is 5. The van der Waals surface area contributed by atoms with Gasteiger partial charge in [-0.05, 0) is 27.9 Å². The molecule has 0 saturated heterocycles. The summed E-state index contributed by atoms with van der Waals surface area (Å²) in [7, 11) is 3.39. The first kappa shape index (κ1) is 11.2. The van der Waals surface area contributed by atoms with Crippen LogP contribution >= 0.6 is 0 Å². The van der Waals surface area contributed by atoms with Gasteiger partial charge in [0.15, 0.2) is 12.5 Å². The third kappa shape index (κ3) is 4.92. The molecule has 0 radical (unpaired) electrons. The van der Waals surface area contributed by atoms with E-state index >= 15 is 0 Å². The molecule has 0 bridgehead atoms. The van der Waals surface area contributed by atoms with Gasteiger partial charge in [-0.2, -0.15) is 0 Å². The van der Waals surface area contributed by atoms with Gasteiger partial charge in [0.1, 0.15) is 0 Å². The Morgan fingerprint density at radius 1 is 1.08 bits per heavy atom. The first-order chi connectivity index (χ1) is 5.60. The van der Waals surface area contributed by atoms with Crippen molar-refractivity contribution in [2.24, 2.45) is 0 Å². The molecular weight excluding hydrogens is 160 g/mol. The first-order valence-corrected chi connectivity index (χ1v) is 3.82. The fraction of sp³-hybridized carbons (Fsp3) is 0.857. The molecule has 2 unspecified atom stereocenters. The molecule has 12 heavy (non-hydrogen) atoms. The molecule has 5 nitrogen and oxygen atoms in total. The van der Waals surface area contributed by atoms with Crippen LogP contribution in [0.25, 0.3) is 0 Å². The molecule has 0 saturated carbocycles. The molecule has 0 aromatic rings. The Bertz CT molecular complexity index is 127. The lowest BCUT2D eigenvalue weighted by Gasteiger charge is -2.15. The second-order valence-electron chi connectivity index (χ2n) is 2.35. The molecule has 2 atom stereocenters. The number of carbonyl (C=O) groups excluding carboxylic acids is 1. The standard InChI is InChI=1S/C7H16N2O3/c1-5(8-3)11-7(10)12-6(2)9-4/h5-6,8-9H,1-4H3. The fourth-order valence-electron chi connectivity index (χ4n) is 0.434. The van der Waals surface area contributed by atoms with Crippen LogP contribution in [0.15, 0.2) is 0 Å². The maximum absolute atomic E-state index is 10.9. The minimum atomic E-state index is -0.682. The summed E-state index contributed by atoms with van der Waals surface area (Å²) in [5.41, 5.74) is 0. The van der Waals surface area contributed by atoms with Crippen LogP contribution in [0.5, 0.6) is 0 Å². The van der Waals surface area contributed by atoms with E-state index in [9.17, 15) is 4.79 Å². The van der Waals surface area contributed by atoms with Crippen LogP contribution in [0, 0.1) is 0 Å². The number of rotatable bonds is 4. The van der Waals surface area contributed by atoms with E-state index in [4.69, 9.17) is 9.47 Å². The molecule has 0 aromatic heterocycles. The van der Waals surface area contributed by atoms with E-state index in [-0.39, 0.29) is 12.5 Å². The number of carbonyl (C=O) groups is 1. The highest BCUT2D eigenvalue weighted by molar-refractivity contribution is 5.60. The SMILES string of the molecule is CNC(C)OC(=O)OC(C)NC. The Morgan fingerprint density at radius 3 is 1.67 bits per heavy atom. The molecule has 0 fully saturated rings. The van der Waals surface area contributed by atoms with Crippen LogP contribution in [0.3, 0.4) is 0 Å². The van der Waals surface area contributed by atoms with Crippen LogP contribution < -0.4 is 10.6 Å². The van der Waals surface area contributed by atoms with Gasteiger partial charge in [0.25, 0.3) is 0 Å². The van der Waals surface area contributed by atoms with Crippen molar-refractivity contribution in [1.82, 2.24) is 10.6 Å². The van der Waals surface area contributed by atoms with Crippen molar-refractivity contribution in [2.45, 2.75) is 26.3 Å². The van der Waals surface area contributed by atoms with Gasteiger partial charge in [-0.3, -0.25) is 10.6 Å². The Labute approximate surface area is 72.4 Å². The lowest BCUT2D eigenvalue weighted by atomic mass is 10.6. The predicted molar refractivity (Wildman–Crippen MR) is 44.6 cm³/mol. The van der Waals surface area contributed by atoms with Crippen molar-refractivity contribution in [3.05, 3.63) is 0 Å². The van der Waals surface area contributed by atoms with Crippen molar-refractivity contribution in [2.75, 3.05) is 14.1 Å². The number of ether oxygens (including phenoxy) is 2. The molecular formula is C7H16N2O3. The smallest absolute Gasteiger partial charge is 0.415 e. The normalized spacial score (nSPS) is 15.0. The third-order valence-corrected chi connectivity index (χ3v) is 1.36. The molecule has 0 amide bonds. The molecule has 72 valence electrons. The molecule has 0 spiro atoms. The monoisotopic (exact) mass is 176 g/mol. The van der Waals surface area contributed by atoms with Crippen molar-refractivity contribution in [1.29, 1.82) is 0 Å². The van der Waals surface area contributed by atoms with Gasteiger partial charge in [-0.15, -0.1) is 0 Å². The van der Waals surface area contributed by atoms with E-state index < -0.39 is 6.16 Å². The van der Waals surface area contributed by atoms with Crippen LogP contribution in [-0.4, -0.2) is 32.7 Å². The fourth-order valence-corrected chi connectivity index (χ4v) is 0.434. The second kappa shape index (κ2) is 5.79. The van der Waals surface area contributed by atoms with E-state index in [1.54, 1.807) is 27.9 Å². The average Bonchev–Trinajstić information content (AvgIpc) is 2.03. The summed E-state index contributed by atoms with van der Waals surface area (Å²) in [5.74, 6) is 0. The zero-order valence-electron chi connectivity index (χ0n) is 7.88. The number of nitrogens with one attached hydrogen (secondary N) is 2. The van der Waals surface area contributed by atoms with Gasteiger partial charge in [0.2, 0.25) is 0 Å². The van der Waals surface area contributed by atoms with Crippen molar-refractivity contribution in [3.8, 4) is 0 Å². The minimum absolute atomic E-state index is 0.332. The number of hydrogen-bond donors (Lipinski definition) is 2. The summed E-state index contributed by atoms with van der Waals surface area (Å²) in [6.07, 6.45) is -1.35. The Kier molecular flexibility index (Phi) is 5.40. The maximum atomic E-state index is 10.9. The van der Waals surface area contributed by atoms with E-state index in [2.05, 4.69) is 10.6 Å². The Hall–Kier alpha value is -0.810. The summed E-state index contributed by atoms with van der Waals surface area (Å²) in [5, 5.41) is 5.49. The van der Waals surface area contributed by atoms with E-state index in [0.29, 0.717) is 0 Å².